The van der Waals surface area contributed by atoms with Crippen LogP contribution in [-0.4, -0.2) is 19.0 Å². The Balaban J connectivity index is 0.00000400. The van der Waals surface area contributed by atoms with Crippen LogP contribution in [0.2, 0.25) is 5.02 Å². The monoisotopic (exact) mass is 332 g/mol. The van der Waals surface area contributed by atoms with Crippen molar-refractivity contribution in [1.82, 2.24) is 5.32 Å². The van der Waals surface area contributed by atoms with Crippen molar-refractivity contribution < 1.29 is 4.79 Å². The van der Waals surface area contributed by atoms with E-state index in [9.17, 15) is 4.79 Å². The maximum absolute atomic E-state index is 12.6. The molecule has 21 heavy (non-hydrogen) atoms. The summed E-state index contributed by atoms with van der Waals surface area (Å²) < 4.78 is 0. The molecule has 1 aromatic carbocycles. The van der Waals surface area contributed by atoms with E-state index in [1.807, 2.05) is 24.3 Å². The molecule has 3 nitrogen and oxygen atoms in total. The highest BCUT2D eigenvalue weighted by Crippen LogP contribution is 2.32. The Labute approximate surface area is 139 Å². The zero-order valence-corrected chi connectivity index (χ0v) is 14.4. The molecule has 0 saturated heterocycles. The molecule has 0 fully saturated rings. The van der Waals surface area contributed by atoms with Gasteiger partial charge in [-0.25, -0.2) is 0 Å². The van der Waals surface area contributed by atoms with Crippen LogP contribution in [0.1, 0.15) is 45.1 Å². The molecule has 120 valence electrons. The van der Waals surface area contributed by atoms with Crippen LogP contribution in [-0.2, 0) is 10.2 Å². The van der Waals surface area contributed by atoms with E-state index in [1.54, 1.807) is 0 Å². The smallest absolute Gasteiger partial charge is 0.230 e. The van der Waals surface area contributed by atoms with Gasteiger partial charge in [0.05, 0.1) is 5.41 Å². The fraction of sp³-hybridized carbons (Fsp3) is 0.562. The van der Waals surface area contributed by atoms with Crippen LogP contribution < -0.4 is 11.1 Å². The number of hydrogen-bond donors (Lipinski definition) is 2. The Hall–Kier alpha value is -0.770. The van der Waals surface area contributed by atoms with Gasteiger partial charge in [0.25, 0.3) is 0 Å². The summed E-state index contributed by atoms with van der Waals surface area (Å²) in [6, 6.07) is 7.60. The van der Waals surface area contributed by atoms with Crippen LogP contribution in [0.4, 0.5) is 0 Å². The molecule has 1 amide bonds. The Morgan fingerprint density at radius 3 is 2.24 bits per heavy atom. The number of nitrogens with two attached hydrogens (primary N) is 1. The minimum Gasteiger partial charge on any atom is -0.355 e. The van der Waals surface area contributed by atoms with E-state index in [-0.39, 0.29) is 18.3 Å². The molecule has 1 aromatic rings. The molecule has 0 aliphatic rings. The van der Waals surface area contributed by atoms with Gasteiger partial charge in [0.15, 0.2) is 0 Å². The van der Waals surface area contributed by atoms with Crippen molar-refractivity contribution in [3.05, 3.63) is 34.9 Å². The number of benzene rings is 1. The van der Waals surface area contributed by atoms with Gasteiger partial charge in [-0.1, -0.05) is 37.6 Å². The van der Waals surface area contributed by atoms with Crippen molar-refractivity contribution in [1.29, 1.82) is 0 Å². The van der Waals surface area contributed by atoms with Gasteiger partial charge >= 0.3 is 0 Å². The summed E-state index contributed by atoms with van der Waals surface area (Å²) in [5.41, 5.74) is 6.03. The van der Waals surface area contributed by atoms with Crippen LogP contribution in [0, 0.1) is 0 Å². The van der Waals surface area contributed by atoms with Gasteiger partial charge in [0.1, 0.15) is 0 Å². The second-order valence-corrected chi connectivity index (χ2v) is 5.48. The number of nitrogens with one attached hydrogen (secondary N) is 1. The van der Waals surface area contributed by atoms with Crippen molar-refractivity contribution >= 4 is 29.9 Å². The third-order valence-corrected chi connectivity index (χ3v) is 4.21. The molecule has 0 aliphatic carbocycles. The Bertz CT molecular complexity index is 417. The first-order chi connectivity index (χ1) is 9.60. The summed E-state index contributed by atoms with van der Waals surface area (Å²) in [5.74, 6) is 0.0989. The van der Waals surface area contributed by atoms with E-state index >= 15 is 0 Å². The summed E-state index contributed by atoms with van der Waals surface area (Å²) in [6.45, 7) is 5.46. The number of carbonyl (C=O) groups is 1. The maximum Gasteiger partial charge on any atom is 0.230 e. The van der Waals surface area contributed by atoms with Crippen molar-refractivity contribution in [2.24, 2.45) is 5.73 Å². The van der Waals surface area contributed by atoms with Crippen LogP contribution in [0.15, 0.2) is 24.3 Å². The first-order valence-electron chi connectivity index (χ1n) is 7.35. The maximum atomic E-state index is 12.6. The van der Waals surface area contributed by atoms with Gasteiger partial charge in [0.2, 0.25) is 5.91 Å². The molecule has 0 unspecified atom stereocenters. The van der Waals surface area contributed by atoms with E-state index < -0.39 is 5.41 Å². The molecule has 1 rings (SSSR count). The summed E-state index contributed by atoms with van der Waals surface area (Å²) in [6.07, 6.45) is 3.40. The quantitative estimate of drug-likeness (QED) is 0.713. The lowest BCUT2D eigenvalue weighted by Crippen LogP contribution is -2.44. The molecule has 0 radical (unpaired) electrons. The van der Waals surface area contributed by atoms with Gasteiger partial charge in [0, 0.05) is 11.6 Å². The molecule has 0 aliphatic heterocycles. The number of rotatable bonds is 8. The van der Waals surface area contributed by atoms with Crippen LogP contribution in [0.5, 0.6) is 0 Å². The van der Waals surface area contributed by atoms with Gasteiger partial charge in [-0.05, 0) is 49.9 Å². The minimum atomic E-state index is -0.465. The largest absolute Gasteiger partial charge is 0.355 e. The molecular formula is C16H26Cl2N2O. The second kappa shape index (κ2) is 10.0. The lowest BCUT2D eigenvalue weighted by atomic mass is 9.75. The van der Waals surface area contributed by atoms with E-state index in [1.165, 1.54) is 0 Å². The first-order valence-corrected chi connectivity index (χ1v) is 7.73. The highest BCUT2D eigenvalue weighted by Gasteiger charge is 2.36. The van der Waals surface area contributed by atoms with E-state index in [0.29, 0.717) is 18.1 Å². The normalized spacial score (nSPS) is 10.9. The Kier molecular flexibility index (Phi) is 9.67. The fourth-order valence-electron chi connectivity index (χ4n) is 2.52. The Morgan fingerprint density at radius 2 is 1.76 bits per heavy atom. The van der Waals surface area contributed by atoms with Crippen molar-refractivity contribution in [2.75, 3.05) is 13.1 Å². The van der Waals surface area contributed by atoms with Gasteiger partial charge in [-0.15, -0.1) is 12.4 Å². The Morgan fingerprint density at radius 1 is 1.19 bits per heavy atom. The summed E-state index contributed by atoms with van der Waals surface area (Å²) >= 11 is 5.93. The zero-order valence-electron chi connectivity index (χ0n) is 12.8. The molecule has 0 bridgehead atoms. The highest BCUT2D eigenvalue weighted by atomic mass is 35.5. The predicted octanol–water partition coefficient (Wildman–Crippen LogP) is 3.67. The van der Waals surface area contributed by atoms with E-state index in [0.717, 1.165) is 31.2 Å². The molecule has 3 N–H and O–H groups in total. The first kappa shape index (κ1) is 20.2. The summed E-state index contributed by atoms with van der Waals surface area (Å²) in [4.78, 5) is 12.6. The van der Waals surface area contributed by atoms with Crippen molar-refractivity contribution in [2.45, 2.75) is 44.9 Å². The molecule has 0 spiro atoms. The van der Waals surface area contributed by atoms with Gasteiger partial charge < -0.3 is 11.1 Å². The van der Waals surface area contributed by atoms with Gasteiger partial charge in [-0.3, -0.25) is 4.79 Å². The molecule has 0 heterocycles. The standard InChI is InChI=1S/C16H25ClN2O.ClH/c1-3-16(4-2,13-7-9-14(17)10-8-13)15(20)19-12-6-5-11-18;/h7-10H,3-6,11-12,18H2,1-2H3,(H,19,20);1H. The lowest BCUT2D eigenvalue weighted by molar-refractivity contribution is -0.127. The van der Waals surface area contributed by atoms with Gasteiger partial charge in [-0.2, -0.15) is 0 Å². The highest BCUT2D eigenvalue weighted by molar-refractivity contribution is 6.30. The molecule has 0 aromatic heterocycles. The van der Waals surface area contributed by atoms with Crippen LogP contribution in [0.25, 0.3) is 0 Å². The minimum absolute atomic E-state index is 0. The number of amides is 1. The fourth-order valence-corrected chi connectivity index (χ4v) is 2.65. The number of carbonyl (C=O) groups excluding carboxylic acids is 1. The van der Waals surface area contributed by atoms with E-state index in [2.05, 4.69) is 19.2 Å². The SMILES string of the molecule is CCC(CC)(C(=O)NCCCCN)c1ccc(Cl)cc1.Cl. The molecule has 0 atom stereocenters. The van der Waals surface area contributed by atoms with Crippen molar-refractivity contribution in [3.63, 3.8) is 0 Å². The zero-order chi connectivity index (χ0) is 15.0. The summed E-state index contributed by atoms with van der Waals surface area (Å²) in [7, 11) is 0. The number of hydrogen-bond acceptors (Lipinski definition) is 2. The average Bonchev–Trinajstić information content (AvgIpc) is 2.47. The van der Waals surface area contributed by atoms with E-state index in [4.69, 9.17) is 17.3 Å². The average molecular weight is 333 g/mol. The number of halogens is 2. The third-order valence-electron chi connectivity index (χ3n) is 3.96. The number of unbranched alkanes of at least 4 members (excludes halogenated alkanes) is 1. The predicted molar refractivity (Wildman–Crippen MR) is 92.3 cm³/mol. The molecular weight excluding hydrogens is 307 g/mol. The van der Waals surface area contributed by atoms with Crippen molar-refractivity contribution in [3.8, 4) is 0 Å². The van der Waals surface area contributed by atoms with Crippen LogP contribution in [0.3, 0.4) is 0 Å². The second-order valence-electron chi connectivity index (χ2n) is 5.05. The molecule has 5 heteroatoms. The topological polar surface area (TPSA) is 55.1 Å². The van der Waals surface area contributed by atoms with Crippen LogP contribution >= 0.6 is 24.0 Å². The molecule has 0 saturated carbocycles. The lowest BCUT2D eigenvalue weighted by Gasteiger charge is -2.31. The summed E-state index contributed by atoms with van der Waals surface area (Å²) in [5, 5.41) is 3.74. The third kappa shape index (κ3) is 5.17.